The quantitative estimate of drug-likeness (QED) is 0.786. The lowest BCUT2D eigenvalue weighted by Gasteiger charge is -2.18. The van der Waals surface area contributed by atoms with Crippen molar-refractivity contribution >= 4 is 0 Å². The van der Waals surface area contributed by atoms with Crippen LogP contribution in [0, 0.1) is 5.92 Å². The molecule has 0 radical (unpaired) electrons. The third-order valence-corrected chi connectivity index (χ3v) is 3.20. The number of hydrogen-bond donors (Lipinski definition) is 1. The van der Waals surface area contributed by atoms with Crippen LogP contribution in [0.15, 0.2) is 16.9 Å². The number of aromatic nitrogens is 2. The molecule has 1 atom stereocenters. The molecule has 0 amide bonds. The molecule has 0 saturated heterocycles. The van der Waals surface area contributed by atoms with Gasteiger partial charge in [-0.2, -0.15) is 5.10 Å². The highest BCUT2D eigenvalue weighted by Crippen LogP contribution is 2.13. The van der Waals surface area contributed by atoms with Crippen molar-refractivity contribution in [2.45, 2.75) is 59.5 Å². The Morgan fingerprint density at radius 3 is 2.63 bits per heavy atom. The van der Waals surface area contributed by atoms with Crippen LogP contribution in [0.3, 0.4) is 0 Å². The van der Waals surface area contributed by atoms with Crippen LogP contribution < -0.4 is 10.9 Å². The van der Waals surface area contributed by atoms with Gasteiger partial charge in [-0.3, -0.25) is 4.79 Å². The summed E-state index contributed by atoms with van der Waals surface area (Å²) >= 11 is 0. The first kappa shape index (κ1) is 15.9. The fraction of sp³-hybridized carbons (Fsp3) is 0.733. The van der Waals surface area contributed by atoms with Crippen molar-refractivity contribution in [1.29, 1.82) is 0 Å². The van der Waals surface area contributed by atoms with E-state index in [1.165, 1.54) is 0 Å². The number of aryl methyl sites for hydroxylation is 1. The Hall–Kier alpha value is -1.16. The van der Waals surface area contributed by atoms with Crippen molar-refractivity contribution in [2.75, 3.05) is 6.54 Å². The molecule has 0 aliphatic rings. The van der Waals surface area contributed by atoms with Crippen LogP contribution in [0.2, 0.25) is 0 Å². The minimum atomic E-state index is -0.0115. The van der Waals surface area contributed by atoms with E-state index in [0.29, 0.717) is 12.5 Å². The first-order chi connectivity index (χ1) is 9.08. The van der Waals surface area contributed by atoms with E-state index in [9.17, 15) is 4.79 Å². The van der Waals surface area contributed by atoms with Gasteiger partial charge in [0.1, 0.15) is 0 Å². The van der Waals surface area contributed by atoms with Gasteiger partial charge in [0, 0.05) is 12.6 Å². The van der Waals surface area contributed by atoms with E-state index < -0.39 is 0 Å². The zero-order valence-electron chi connectivity index (χ0n) is 12.6. The summed E-state index contributed by atoms with van der Waals surface area (Å²) in [6.07, 6.45) is 3.06. The van der Waals surface area contributed by atoms with Gasteiger partial charge in [-0.1, -0.05) is 27.7 Å². The van der Waals surface area contributed by atoms with E-state index in [1.54, 1.807) is 10.7 Å². The van der Waals surface area contributed by atoms with Gasteiger partial charge in [-0.05, 0) is 37.8 Å². The van der Waals surface area contributed by atoms with Crippen LogP contribution in [-0.2, 0) is 6.54 Å². The van der Waals surface area contributed by atoms with Gasteiger partial charge < -0.3 is 5.32 Å². The number of rotatable bonds is 8. The third kappa shape index (κ3) is 5.15. The molecule has 0 bridgehead atoms. The third-order valence-electron chi connectivity index (χ3n) is 3.20. The lowest BCUT2D eigenvalue weighted by Crippen LogP contribution is -2.28. The highest BCUT2D eigenvalue weighted by molar-refractivity contribution is 5.06. The molecule has 1 heterocycles. The molecule has 0 saturated carbocycles. The molecule has 0 aliphatic heterocycles. The smallest absolute Gasteiger partial charge is 0.266 e. The second-order valence-corrected chi connectivity index (χ2v) is 5.42. The van der Waals surface area contributed by atoms with E-state index in [0.717, 1.165) is 31.5 Å². The minimum absolute atomic E-state index is 0.0115. The Labute approximate surface area is 116 Å². The maximum Gasteiger partial charge on any atom is 0.266 e. The van der Waals surface area contributed by atoms with Crippen LogP contribution in [0.1, 0.15) is 58.7 Å². The summed E-state index contributed by atoms with van der Waals surface area (Å²) in [5.74, 6) is 0.701. The second kappa shape index (κ2) is 8.10. The predicted octanol–water partition coefficient (Wildman–Crippen LogP) is 2.74. The summed E-state index contributed by atoms with van der Waals surface area (Å²) in [7, 11) is 0. The van der Waals surface area contributed by atoms with E-state index in [-0.39, 0.29) is 11.6 Å². The average molecular weight is 265 g/mol. The molecule has 1 N–H and O–H groups in total. The molecule has 1 aromatic rings. The maximum absolute atomic E-state index is 11.7. The maximum atomic E-state index is 11.7. The number of nitrogens with zero attached hydrogens (tertiary/aromatic N) is 2. The second-order valence-electron chi connectivity index (χ2n) is 5.42. The number of hydrogen-bond acceptors (Lipinski definition) is 3. The van der Waals surface area contributed by atoms with Gasteiger partial charge in [-0.25, -0.2) is 4.68 Å². The van der Waals surface area contributed by atoms with Crippen molar-refractivity contribution in [3.63, 3.8) is 0 Å². The summed E-state index contributed by atoms with van der Waals surface area (Å²) in [5.41, 5.74) is 0.960. The van der Waals surface area contributed by atoms with Crippen molar-refractivity contribution in [1.82, 2.24) is 15.1 Å². The summed E-state index contributed by atoms with van der Waals surface area (Å²) in [5, 5.41) is 8.00. The van der Waals surface area contributed by atoms with Gasteiger partial charge in [0.25, 0.3) is 5.56 Å². The highest BCUT2D eigenvalue weighted by Gasteiger charge is 2.11. The molecule has 0 aliphatic carbocycles. The van der Waals surface area contributed by atoms with Crippen molar-refractivity contribution in [3.05, 3.63) is 28.2 Å². The fourth-order valence-electron chi connectivity index (χ4n) is 2.03. The van der Waals surface area contributed by atoms with Crippen LogP contribution in [0.5, 0.6) is 0 Å². The van der Waals surface area contributed by atoms with Crippen molar-refractivity contribution < 1.29 is 0 Å². The van der Waals surface area contributed by atoms with Crippen LogP contribution >= 0.6 is 0 Å². The van der Waals surface area contributed by atoms with E-state index in [1.807, 2.05) is 6.07 Å². The molecule has 1 unspecified atom stereocenters. The Morgan fingerprint density at radius 1 is 1.32 bits per heavy atom. The SMILES string of the molecule is CCCn1nc(C(CC)NCCC(C)C)ccc1=O. The van der Waals surface area contributed by atoms with E-state index in [4.69, 9.17) is 0 Å². The monoisotopic (exact) mass is 265 g/mol. The van der Waals surface area contributed by atoms with Crippen molar-refractivity contribution in [3.8, 4) is 0 Å². The first-order valence-electron chi connectivity index (χ1n) is 7.39. The molecule has 1 rings (SSSR count). The summed E-state index contributed by atoms with van der Waals surface area (Å²) in [4.78, 5) is 11.7. The van der Waals surface area contributed by atoms with Gasteiger partial charge in [0.05, 0.1) is 11.7 Å². The lowest BCUT2D eigenvalue weighted by atomic mass is 10.1. The Balaban J connectivity index is 2.74. The van der Waals surface area contributed by atoms with Gasteiger partial charge in [0.2, 0.25) is 0 Å². The van der Waals surface area contributed by atoms with Gasteiger partial charge >= 0.3 is 0 Å². The Bertz CT molecular complexity index is 426. The molecule has 19 heavy (non-hydrogen) atoms. The summed E-state index contributed by atoms with van der Waals surface area (Å²) in [6.45, 7) is 10.3. The topological polar surface area (TPSA) is 46.9 Å². The molecule has 0 spiro atoms. The van der Waals surface area contributed by atoms with Crippen LogP contribution in [-0.4, -0.2) is 16.3 Å². The molecular weight excluding hydrogens is 238 g/mol. The lowest BCUT2D eigenvalue weighted by molar-refractivity contribution is 0.446. The molecule has 0 fully saturated rings. The van der Waals surface area contributed by atoms with Crippen LogP contribution in [0.25, 0.3) is 0 Å². The normalized spacial score (nSPS) is 12.9. The largest absolute Gasteiger partial charge is 0.309 e. The van der Waals surface area contributed by atoms with Crippen molar-refractivity contribution in [2.24, 2.45) is 5.92 Å². The summed E-state index contributed by atoms with van der Waals surface area (Å²) in [6, 6.07) is 3.72. The van der Waals surface area contributed by atoms with Crippen LogP contribution in [0.4, 0.5) is 0 Å². The highest BCUT2D eigenvalue weighted by atomic mass is 16.1. The Morgan fingerprint density at radius 2 is 2.05 bits per heavy atom. The summed E-state index contributed by atoms with van der Waals surface area (Å²) < 4.78 is 1.57. The van der Waals surface area contributed by atoms with E-state index in [2.05, 4.69) is 38.1 Å². The molecule has 4 nitrogen and oxygen atoms in total. The molecular formula is C15H27N3O. The standard InChI is InChI=1S/C15H27N3O/c1-5-11-18-15(19)8-7-14(17-18)13(6-2)16-10-9-12(3)4/h7-8,12-13,16H,5-6,9-11H2,1-4H3. The molecule has 0 aromatic carbocycles. The Kier molecular flexibility index (Phi) is 6.78. The molecule has 1 aromatic heterocycles. The van der Waals surface area contributed by atoms with Gasteiger partial charge in [-0.15, -0.1) is 0 Å². The zero-order valence-corrected chi connectivity index (χ0v) is 12.6. The minimum Gasteiger partial charge on any atom is -0.309 e. The number of nitrogens with one attached hydrogen (secondary N) is 1. The average Bonchev–Trinajstić information content (AvgIpc) is 2.37. The van der Waals surface area contributed by atoms with Gasteiger partial charge in [0.15, 0.2) is 0 Å². The first-order valence-corrected chi connectivity index (χ1v) is 7.39. The molecule has 4 heteroatoms. The van der Waals surface area contributed by atoms with E-state index >= 15 is 0 Å². The fourth-order valence-corrected chi connectivity index (χ4v) is 2.03. The zero-order chi connectivity index (χ0) is 14.3. The molecule has 108 valence electrons. The predicted molar refractivity (Wildman–Crippen MR) is 79.3 cm³/mol.